The number of carboxylic acids is 1. The van der Waals surface area contributed by atoms with E-state index in [-0.39, 0.29) is 23.0 Å². The van der Waals surface area contributed by atoms with E-state index in [0.29, 0.717) is 17.1 Å². The fourth-order valence-corrected chi connectivity index (χ4v) is 3.62. The largest absolute Gasteiger partial charge is 0.478 e. The maximum absolute atomic E-state index is 11.4. The van der Waals surface area contributed by atoms with Crippen molar-refractivity contribution >= 4 is 15.8 Å². The molecule has 86 valence electrons. The fourth-order valence-electron chi connectivity index (χ4n) is 2.14. The lowest BCUT2D eigenvalue weighted by Gasteiger charge is -1.98. The summed E-state index contributed by atoms with van der Waals surface area (Å²) in [6.45, 7) is 0. The zero-order chi connectivity index (χ0) is 11.5. The van der Waals surface area contributed by atoms with Crippen LogP contribution in [-0.2, 0) is 21.3 Å². The minimum atomic E-state index is -3.20. The Morgan fingerprint density at radius 2 is 2.00 bits per heavy atom. The number of rotatable bonds is 2. The van der Waals surface area contributed by atoms with E-state index in [0.717, 1.165) is 12.8 Å². The first-order valence-electron chi connectivity index (χ1n) is 5.06. The van der Waals surface area contributed by atoms with Crippen molar-refractivity contribution < 1.29 is 22.7 Å². The molecule has 5 nitrogen and oxygen atoms in total. The Kier molecular flexibility index (Phi) is 1.78. The van der Waals surface area contributed by atoms with Gasteiger partial charge >= 0.3 is 5.97 Å². The Labute approximate surface area is 92.0 Å². The zero-order valence-corrected chi connectivity index (χ0v) is 9.21. The molecular formula is C10H10O5S. The molecule has 1 aliphatic heterocycles. The van der Waals surface area contributed by atoms with Crippen molar-refractivity contribution in [1.29, 1.82) is 0 Å². The molecule has 0 bridgehead atoms. The van der Waals surface area contributed by atoms with Crippen LogP contribution in [-0.4, -0.2) is 19.5 Å². The number of hydrogen-bond donors (Lipinski definition) is 1. The summed E-state index contributed by atoms with van der Waals surface area (Å²) in [5, 5.41) is 9.11. The van der Waals surface area contributed by atoms with Gasteiger partial charge in [0, 0.05) is 11.5 Å². The third-order valence-electron chi connectivity index (χ3n) is 3.00. The summed E-state index contributed by atoms with van der Waals surface area (Å²) in [4.78, 5) is 11.1. The van der Waals surface area contributed by atoms with Crippen LogP contribution >= 0.6 is 0 Å². The number of carbonyl (C=O) groups is 1. The summed E-state index contributed by atoms with van der Waals surface area (Å²) in [6, 6.07) is 0. The first kappa shape index (κ1) is 9.89. The van der Waals surface area contributed by atoms with Crippen LogP contribution in [0.1, 0.15) is 46.2 Å². The molecule has 0 unspecified atom stereocenters. The standard InChI is InChI=1S/C10H10O5S/c11-10(12)8-6-3-16(13,14)4-7(6)15-9(8)5-1-2-5/h5H,1-4H2,(H,11,12). The molecule has 1 aromatic rings. The van der Waals surface area contributed by atoms with E-state index < -0.39 is 15.8 Å². The van der Waals surface area contributed by atoms with Crippen molar-refractivity contribution in [3.05, 3.63) is 22.6 Å². The maximum atomic E-state index is 11.4. The van der Waals surface area contributed by atoms with Crippen molar-refractivity contribution in [2.75, 3.05) is 0 Å². The number of furan rings is 1. The average molecular weight is 242 g/mol. The van der Waals surface area contributed by atoms with E-state index in [1.54, 1.807) is 0 Å². The average Bonchev–Trinajstić information content (AvgIpc) is 2.85. The number of hydrogen-bond acceptors (Lipinski definition) is 4. The Morgan fingerprint density at radius 1 is 1.31 bits per heavy atom. The predicted molar refractivity (Wildman–Crippen MR) is 54.0 cm³/mol. The van der Waals surface area contributed by atoms with Gasteiger partial charge in [0.1, 0.15) is 22.8 Å². The molecule has 16 heavy (non-hydrogen) atoms. The van der Waals surface area contributed by atoms with Gasteiger partial charge in [0.25, 0.3) is 0 Å². The molecule has 0 spiro atoms. The van der Waals surface area contributed by atoms with E-state index in [9.17, 15) is 13.2 Å². The van der Waals surface area contributed by atoms with Crippen LogP contribution in [0.2, 0.25) is 0 Å². The Morgan fingerprint density at radius 3 is 2.56 bits per heavy atom. The highest BCUT2D eigenvalue weighted by Gasteiger charge is 2.40. The second-order valence-electron chi connectivity index (χ2n) is 4.35. The van der Waals surface area contributed by atoms with Crippen LogP contribution in [0.15, 0.2) is 4.42 Å². The molecule has 0 saturated heterocycles. The van der Waals surface area contributed by atoms with Gasteiger partial charge in [0.15, 0.2) is 9.84 Å². The molecule has 2 aliphatic rings. The molecule has 6 heteroatoms. The summed E-state index contributed by atoms with van der Waals surface area (Å²) in [6.07, 6.45) is 1.86. The predicted octanol–water partition coefficient (Wildman–Crippen LogP) is 1.28. The molecule has 1 aliphatic carbocycles. The number of sulfone groups is 1. The van der Waals surface area contributed by atoms with E-state index in [1.165, 1.54) is 0 Å². The first-order valence-corrected chi connectivity index (χ1v) is 6.88. The van der Waals surface area contributed by atoms with Gasteiger partial charge in [-0.3, -0.25) is 0 Å². The Balaban J connectivity index is 2.17. The van der Waals surface area contributed by atoms with Crippen LogP contribution in [0.3, 0.4) is 0 Å². The number of fused-ring (bicyclic) bond motifs is 1. The van der Waals surface area contributed by atoms with E-state index in [1.807, 2.05) is 0 Å². The van der Waals surface area contributed by atoms with Crippen molar-refractivity contribution in [3.63, 3.8) is 0 Å². The molecule has 1 fully saturated rings. The second-order valence-corrected chi connectivity index (χ2v) is 6.42. The lowest BCUT2D eigenvalue weighted by molar-refractivity contribution is 0.0693. The summed E-state index contributed by atoms with van der Waals surface area (Å²) in [7, 11) is -3.20. The van der Waals surface area contributed by atoms with Gasteiger partial charge in [-0.05, 0) is 12.8 Å². The monoisotopic (exact) mass is 242 g/mol. The molecule has 0 atom stereocenters. The summed E-state index contributed by atoms with van der Waals surface area (Å²) >= 11 is 0. The number of carboxylic acid groups (broad SMARTS) is 1. The minimum absolute atomic E-state index is 0.0959. The SMILES string of the molecule is O=C(O)c1c(C2CC2)oc2c1CS(=O)(=O)C2. The van der Waals surface area contributed by atoms with Gasteiger partial charge in [-0.2, -0.15) is 0 Å². The topological polar surface area (TPSA) is 84.6 Å². The fraction of sp³-hybridized carbons (Fsp3) is 0.500. The van der Waals surface area contributed by atoms with Crippen LogP contribution in [0.5, 0.6) is 0 Å². The molecule has 0 radical (unpaired) electrons. The quantitative estimate of drug-likeness (QED) is 0.844. The molecule has 1 saturated carbocycles. The Bertz CT molecular complexity index is 577. The molecule has 0 aromatic carbocycles. The maximum Gasteiger partial charge on any atom is 0.339 e. The third kappa shape index (κ3) is 1.36. The van der Waals surface area contributed by atoms with E-state index in [4.69, 9.17) is 9.52 Å². The van der Waals surface area contributed by atoms with Crippen molar-refractivity contribution in [3.8, 4) is 0 Å². The van der Waals surface area contributed by atoms with Crippen LogP contribution in [0, 0.1) is 0 Å². The van der Waals surface area contributed by atoms with Gasteiger partial charge in [-0.25, -0.2) is 13.2 Å². The third-order valence-corrected chi connectivity index (χ3v) is 4.43. The minimum Gasteiger partial charge on any atom is -0.478 e. The van der Waals surface area contributed by atoms with Gasteiger partial charge < -0.3 is 9.52 Å². The smallest absolute Gasteiger partial charge is 0.339 e. The van der Waals surface area contributed by atoms with Crippen molar-refractivity contribution in [2.45, 2.75) is 30.3 Å². The van der Waals surface area contributed by atoms with Gasteiger partial charge in [-0.1, -0.05) is 0 Å². The summed E-state index contributed by atoms with van der Waals surface area (Å²) in [5.41, 5.74) is 0.466. The molecular weight excluding hydrogens is 232 g/mol. The Hall–Kier alpha value is -1.30. The molecule has 1 N–H and O–H groups in total. The van der Waals surface area contributed by atoms with Gasteiger partial charge in [-0.15, -0.1) is 0 Å². The highest BCUT2D eigenvalue weighted by atomic mass is 32.2. The first-order chi connectivity index (χ1) is 7.48. The second kappa shape index (κ2) is 2.88. The number of aromatic carboxylic acids is 1. The van der Waals surface area contributed by atoms with E-state index >= 15 is 0 Å². The molecule has 1 aromatic heterocycles. The zero-order valence-electron chi connectivity index (χ0n) is 8.39. The summed E-state index contributed by atoms with van der Waals surface area (Å²) < 4.78 is 28.2. The van der Waals surface area contributed by atoms with Crippen LogP contribution < -0.4 is 0 Å². The van der Waals surface area contributed by atoms with Crippen molar-refractivity contribution in [1.82, 2.24) is 0 Å². The highest BCUT2D eigenvalue weighted by molar-refractivity contribution is 7.90. The highest BCUT2D eigenvalue weighted by Crippen LogP contribution is 2.46. The van der Waals surface area contributed by atoms with Crippen LogP contribution in [0.25, 0.3) is 0 Å². The summed E-state index contributed by atoms with van der Waals surface area (Å²) in [5.74, 6) is -0.440. The van der Waals surface area contributed by atoms with E-state index in [2.05, 4.69) is 0 Å². The lowest BCUT2D eigenvalue weighted by Crippen LogP contribution is -2.04. The molecule has 0 amide bonds. The normalized spacial score (nSPS) is 22.0. The van der Waals surface area contributed by atoms with Crippen molar-refractivity contribution in [2.24, 2.45) is 0 Å². The van der Waals surface area contributed by atoms with Crippen LogP contribution in [0.4, 0.5) is 0 Å². The molecule has 2 heterocycles. The molecule has 3 rings (SSSR count). The van der Waals surface area contributed by atoms with Gasteiger partial charge in [0.2, 0.25) is 0 Å². The lowest BCUT2D eigenvalue weighted by atomic mass is 10.1. The van der Waals surface area contributed by atoms with Gasteiger partial charge in [0.05, 0.1) is 5.75 Å².